The van der Waals surface area contributed by atoms with Gasteiger partial charge < -0.3 is 28.3 Å². The molecule has 3 atom stereocenters. The molecular formula is C13H26B2O6. The van der Waals surface area contributed by atoms with Crippen LogP contribution in [-0.2, 0) is 28.3 Å². The van der Waals surface area contributed by atoms with Crippen LogP contribution < -0.4 is 0 Å². The van der Waals surface area contributed by atoms with Crippen LogP contribution in [0.15, 0.2) is 0 Å². The molecule has 0 aliphatic heterocycles. The average Bonchev–Trinajstić information content (AvgIpc) is 2.50. The van der Waals surface area contributed by atoms with Crippen LogP contribution in [0.1, 0.15) is 20.8 Å². The summed E-state index contributed by atoms with van der Waals surface area (Å²) in [4.78, 5) is 0. The molecule has 0 aliphatic carbocycles. The summed E-state index contributed by atoms with van der Waals surface area (Å²) in [5, 5.41) is 0. The molecule has 8 heteroatoms. The number of rotatable bonds is 14. The monoisotopic (exact) mass is 300 g/mol. The van der Waals surface area contributed by atoms with Crippen LogP contribution in [0, 0.1) is 0 Å². The molecule has 21 heavy (non-hydrogen) atoms. The summed E-state index contributed by atoms with van der Waals surface area (Å²) in [6, 6.07) is 0. The van der Waals surface area contributed by atoms with Gasteiger partial charge in [0.15, 0.2) is 0 Å². The molecule has 0 bridgehead atoms. The lowest BCUT2D eigenvalue weighted by molar-refractivity contribution is -0.0943. The fraction of sp³-hybridized carbons (Fsp3) is 1.00. The zero-order valence-corrected chi connectivity index (χ0v) is 13.4. The molecule has 0 aliphatic rings. The van der Waals surface area contributed by atoms with E-state index in [0.29, 0.717) is 33.0 Å². The van der Waals surface area contributed by atoms with Crippen molar-refractivity contribution in [2.45, 2.75) is 45.2 Å². The Kier molecular flexibility index (Phi) is 13.5. The smallest absolute Gasteiger partial charge is 0.283 e. The van der Waals surface area contributed by atoms with Crippen molar-refractivity contribution >= 4 is 16.1 Å². The van der Waals surface area contributed by atoms with Crippen LogP contribution in [0.25, 0.3) is 0 Å². The summed E-state index contributed by atoms with van der Waals surface area (Å²) < 4.78 is 31.1. The molecule has 0 aromatic rings. The predicted molar refractivity (Wildman–Crippen MR) is 80.5 cm³/mol. The summed E-state index contributed by atoms with van der Waals surface area (Å²) in [5.74, 6) is 0. The van der Waals surface area contributed by atoms with Gasteiger partial charge in [0, 0.05) is 7.11 Å². The number of methoxy groups -OCH3 is 1. The van der Waals surface area contributed by atoms with Gasteiger partial charge in [0.05, 0.1) is 51.3 Å². The third-order valence-electron chi connectivity index (χ3n) is 2.75. The van der Waals surface area contributed by atoms with Crippen LogP contribution in [0.3, 0.4) is 0 Å². The van der Waals surface area contributed by atoms with Gasteiger partial charge in [-0.25, -0.2) is 0 Å². The van der Waals surface area contributed by atoms with Gasteiger partial charge in [0.25, 0.3) is 16.1 Å². The highest BCUT2D eigenvalue weighted by atomic mass is 16.6. The van der Waals surface area contributed by atoms with E-state index < -0.39 is 0 Å². The third kappa shape index (κ3) is 12.1. The minimum absolute atomic E-state index is 0.00472. The summed E-state index contributed by atoms with van der Waals surface area (Å²) in [7, 11) is 11.7. The quantitative estimate of drug-likeness (QED) is 0.433. The average molecular weight is 300 g/mol. The van der Waals surface area contributed by atoms with E-state index in [-0.39, 0.29) is 24.4 Å². The molecule has 0 N–H and O–H groups in total. The van der Waals surface area contributed by atoms with E-state index in [1.165, 1.54) is 0 Å². The van der Waals surface area contributed by atoms with E-state index >= 15 is 0 Å². The molecule has 0 spiro atoms. The first-order valence-corrected chi connectivity index (χ1v) is 7.04. The Morgan fingerprint density at radius 2 is 1.19 bits per heavy atom. The minimum atomic E-state index is -0.211. The van der Waals surface area contributed by atoms with Crippen LogP contribution >= 0.6 is 0 Å². The molecule has 0 amide bonds. The first kappa shape index (κ1) is 20.9. The van der Waals surface area contributed by atoms with Gasteiger partial charge in [0.1, 0.15) is 6.10 Å². The van der Waals surface area contributed by atoms with Gasteiger partial charge in [-0.05, 0) is 20.8 Å². The molecule has 0 fully saturated rings. The van der Waals surface area contributed by atoms with E-state index in [1.54, 1.807) is 7.11 Å². The summed E-state index contributed by atoms with van der Waals surface area (Å²) >= 11 is 0. The maximum Gasteiger partial charge on any atom is 0.283 e. The zero-order valence-electron chi connectivity index (χ0n) is 13.4. The Hall–Kier alpha value is -0.110. The lowest BCUT2D eigenvalue weighted by Gasteiger charge is -2.22. The van der Waals surface area contributed by atoms with Gasteiger partial charge in [-0.15, -0.1) is 0 Å². The van der Waals surface area contributed by atoms with Gasteiger partial charge in [-0.2, -0.15) is 0 Å². The Morgan fingerprint density at radius 1 is 0.714 bits per heavy atom. The van der Waals surface area contributed by atoms with Crippen molar-refractivity contribution in [3.8, 4) is 0 Å². The fourth-order valence-corrected chi connectivity index (χ4v) is 1.29. The molecule has 6 nitrogen and oxygen atoms in total. The van der Waals surface area contributed by atoms with E-state index in [1.807, 2.05) is 20.8 Å². The first-order chi connectivity index (χ1) is 10.0. The maximum absolute atomic E-state index is 5.71. The standard InChI is InChI=1S/C13H26B2O6/c1-10(16-4)7-19-13(8-17-5-11(2)20-14)9-18-6-12(3)21-15/h10-13H,5-9H2,1-4H3. The lowest BCUT2D eigenvalue weighted by Crippen LogP contribution is -2.31. The molecule has 120 valence electrons. The van der Waals surface area contributed by atoms with Crippen molar-refractivity contribution in [1.82, 2.24) is 0 Å². The Labute approximate surface area is 130 Å². The van der Waals surface area contributed by atoms with Crippen molar-refractivity contribution in [3.63, 3.8) is 0 Å². The summed E-state index contributed by atoms with van der Waals surface area (Å²) in [6.45, 7) is 7.55. The van der Waals surface area contributed by atoms with Crippen molar-refractivity contribution in [1.29, 1.82) is 0 Å². The maximum atomic E-state index is 5.71. The van der Waals surface area contributed by atoms with Crippen molar-refractivity contribution in [2.75, 3.05) is 40.1 Å². The van der Waals surface area contributed by atoms with Crippen LogP contribution in [0.5, 0.6) is 0 Å². The minimum Gasteiger partial charge on any atom is -0.443 e. The summed E-state index contributed by atoms with van der Waals surface area (Å²) in [6.07, 6.45) is -0.548. The van der Waals surface area contributed by atoms with Crippen molar-refractivity contribution < 1.29 is 28.3 Å². The predicted octanol–water partition coefficient (Wildman–Crippen LogP) is 0.417. The van der Waals surface area contributed by atoms with Gasteiger partial charge in [-0.3, -0.25) is 0 Å². The number of hydrogen-bond acceptors (Lipinski definition) is 6. The molecule has 0 heterocycles. The molecule has 0 aromatic heterocycles. The summed E-state index contributed by atoms with van der Waals surface area (Å²) in [5.41, 5.74) is 0. The van der Waals surface area contributed by atoms with Crippen molar-refractivity contribution in [3.05, 3.63) is 0 Å². The number of ether oxygens (including phenoxy) is 4. The molecule has 0 rings (SSSR count). The van der Waals surface area contributed by atoms with Crippen LogP contribution in [-0.4, -0.2) is 80.7 Å². The second-order valence-corrected chi connectivity index (χ2v) is 4.97. The van der Waals surface area contributed by atoms with Gasteiger partial charge >= 0.3 is 0 Å². The van der Waals surface area contributed by atoms with E-state index in [2.05, 4.69) is 9.31 Å². The Bertz CT molecular complexity index is 219. The SMILES string of the molecule is [B]OC(C)COCC(COCC(C)O[B])OCC(C)OC. The molecular weight excluding hydrogens is 274 g/mol. The second kappa shape index (κ2) is 13.5. The van der Waals surface area contributed by atoms with Gasteiger partial charge in [0.2, 0.25) is 0 Å². The Balaban J connectivity index is 4.01. The highest BCUT2D eigenvalue weighted by molar-refractivity contribution is 5.98. The lowest BCUT2D eigenvalue weighted by atomic mass is 10.3. The molecule has 4 radical (unpaired) electrons. The Morgan fingerprint density at radius 3 is 1.57 bits per heavy atom. The van der Waals surface area contributed by atoms with Gasteiger partial charge in [-0.1, -0.05) is 0 Å². The highest BCUT2D eigenvalue weighted by Gasteiger charge is 2.13. The molecule has 0 aromatic carbocycles. The molecule has 3 unspecified atom stereocenters. The zero-order chi connectivity index (χ0) is 16.1. The van der Waals surface area contributed by atoms with E-state index in [0.717, 1.165) is 0 Å². The third-order valence-corrected chi connectivity index (χ3v) is 2.75. The highest BCUT2D eigenvalue weighted by Crippen LogP contribution is 2.01. The van der Waals surface area contributed by atoms with Crippen LogP contribution in [0.2, 0.25) is 0 Å². The fourth-order valence-electron chi connectivity index (χ4n) is 1.29. The topological polar surface area (TPSA) is 55.4 Å². The van der Waals surface area contributed by atoms with E-state index in [9.17, 15) is 0 Å². The first-order valence-electron chi connectivity index (χ1n) is 7.04. The van der Waals surface area contributed by atoms with E-state index in [4.69, 9.17) is 35.0 Å². The second-order valence-electron chi connectivity index (χ2n) is 4.97. The molecule has 0 saturated heterocycles. The molecule has 0 saturated carbocycles. The van der Waals surface area contributed by atoms with Crippen LogP contribution in [0.4, 0.5) is 0 Å². The largest absolute Gasteiger partial charge is 0.443 e. The normalized spacial score (nSPS) is 17.3. The van der Waals surface area contributed by atoms with Crippen molar-refractivity contribution in [2.24, 2.45) is 0 Å². The number of hydrogen-bond donors (Lipinski definition) is 0.